The molecule has 2 fully saturated rings. The average Bonchev–Trinajstić information content (AvgIpc) is 2.69. The number of aliphatic hydroxyl groups is 1. The van der Waals surface area contributed by atoms with Crippen molar-refractivity contribution in [3.8, 4) is 0 Å². The molecule has 27 heavy (non-hydrogen) atoms. The number of rotatable bonds is 4. The molecule has 0 aliphatic carbocycles. The number of amides is 1. The zero-order valence-electron chi connectivity index (χ0n) is 15.0. The molecule has 0 radical (unpaired) electrons. The number of carbonyl (C=O) groups excluding carboxylic acids is 1. The second-order valence-corrected chi connectivity index (χ2v) is 9.13. The Morgan fingerprint density at radius 3 is 2.52 bits per heavy atom. The van der Waals surface area contributed by atoms with Crippen LogP contribution in [0.25, 0.3) is 0 Å². The van der Waals surface area contributed by atoms with Gasteiger partial charge in [0, 0.05) is 38.7 Å². The molecule has 3 rings (SSSR count). The molecule has 1 N–H and O–H groups in total. The van der Waals surface area contributed by atoms with E-state index in [2.05, 4.69) is 0 Å². The smallest absolute Gasteiger partial charge is 0.246 e. The molecule has 1 unspecified atom stereocenters. The van der Waals surface area contributed by atoms with Gasteiger partial charge in [-0.1, -0.05) is 0 Å². The standard InChI is InChI=1S/C18H24F2N2O4S/c19-15-3-4-16(20)17(10-15)27(25,26)22-8-5-14(6-9-22)18(24)21-7-1-2-13(11-21)12-23/h3-4,10,13-14,23H,1-2,5-9,11-12H2. The van der Waals surface area contributed by atoms with E-state index in [1.54, 1.807) is 4.90 Å². The molecule has 2 aliphatic heterocycles. The van der Waals surface area contributed by atoms with Gasteiger partial charge in [0.05, 0.1) is 0 Å². The number of sulfonamides is 1. The molecule has 2 aliphatic rings. The summed E-state index contributed by atoms with van der Waals surface area (Å²) in [4.78, 5) is 13.8. The van der Waals surface area contributed by atoms with Gasteiger partial charge in [-0.2, -0.15) is 4.31 Å². The van der Waals surface area contributed by atoms with Gasteiger partial charge in [-0.3, -0.25) is 4.79 Å². The van der Waals surface area contributed by atoms with Crippen LogP contribution in [0.15, 0.2) is 23.1 Å². The highest BCUT2D eigenvalue weighted by molar-refractivity contribution is 7.89. The van der Waals surface area contributed by atoms with Crippen molar-refractivity contribution < 1.29 is 27.1 Å². The summed E-state index contributed by atoms with van der Waals surface area (Å²) in [5.74, 6) is -2.01. The summed E-state index contributed by atoms with van der Waals surface area (Å²) in [6, 6.07) is 2.36. The van der Waals surface area contributed by atoms with Gasteiger partial charge in [0.1, 0.15) is 16.5 Å². The largest absolute Gasteiger partial charge is 0.396 e. The van der Waals surface area contributed by atoms with Gasteiger partial charge >= 0.3 is 0 Å². The normalized spacial score (nSPS) is 22.8. The maximum Gasteiger partial charge on any atom is 0.246 e. The lowest BCUT2D eigenvalue weighted by Gasteiger charge is -2.37. The minimum atomic E-state index is -4.14. The van der Waals surface area contributed by atoms with Crippen LogP contribution in [-0.2, 0) is 14.8 Å². The fraction of sp³-hybridized carbons (Fsp3) is 0.611. The fourth-order valence-corrected chi connectivity index (χ4v) is 5.38. The molecule has 6 nitrogen and oxygen atoms in total. The Bertz CT molecular complexity index is 795. The fourth-order valence-electron chi connectivity index (χ4n) is 3.83. The van der Waals surface area contributed by atoms with Crippen molar-refractivity contribution in [3.05, 3.63) is 29.8 Å². The Morgan fingerprint density at radius 2 is 1.85 bits per heavy atom. The van der Waals surface area contributed by atoms with Crippen LogP contribution in [0, 0.1) is 23.5 Å². The molecule has 1 aromatic rings. The molecule has 1 aromatic carbocycles. The van der Waals surface area contributed by atoms with Gasteiger partial charge in [0.25, 0.3) is 0 Å². The first-order valence-electron chi connectivity index (χ1n) is 9.17. The number of carbonyl (C=O) groups is 1. The van der Waals surface area contributed by atoms with E-state index in [1.165, 1.54) is 0 Å². The second kappa shape index (κ2) is 8.20. The number of hydrogen-bond donors (Lipinski definition) is 1. The van der Waals surface area contributed by atoms with Crippen molar-refractivity contribution in [1.29, 1.82) is 0 Å². The van der Waals surface area contributed by atoms with Gasteiger partial charge in [0.15, 0.2) is 0 Å². The maximum atomic E-state index is 13.9. The van der Waals surface area contributed by atoms with Crippen molar-refractivity contribution in [1.82, 2.24) is 9.21 Å². The first kappa shape index (κ1) is 20.2. The van der Waals surface area contributed by atoms with Crippen LogP contribution in [0.4, 0.5) is 8.78 Å². The van der Waals surface area contributed by atoms with E-state index in [4.69, 9.17) is 0 Å². The number of nitrogens with zero attached hydrogens (tertiary/aromatic N) is 2. The van der Waals surface area contributed by atoms with Crippen molar-refractivity contribution in [2.45, 2.75) is 30.6 Å². The number of likely N-dealkylation sites (tertiary alicyclic amines) is 1. The van der Waals surface area contributed by atoms with Crippen molar-refractivity contribution in [2.75, 3.05) is 32.8 Å². The highest BCUT2D eigenvalue weighted by Gasteiger charge is 2.36. The topological polar surface area (TPSA) is 77.9 Å². The minimum Gasteiger partial charge on any atom is -0.396 e. The van der Waals surface area contributed by atoms with Crippen LogP contribution in [0.2, 0.25) is 0 Å². The van der Waals surface area contributed by atoms with E-state index in [1.807, 2.05) is 0 Å². The summed E-state index contributed by atoms with van der Waals surface area (Å²) >= 11 is 0. The first-order chi connectivity index (χ1) is 12.8. The highest BCUT2D eigenvalue weighted by Crippen LogP contribution is 2.28. The summed E-state index contributed by atoms with van der Waals surface area (Å²) < 4.78 is 53.6. The van der Waals surface area contributed by atoms with Crippen LogP contribution < -0.4 is 0 Å². The first-order valence-corrected chi connectivity index (χ1v) is 10.6. The molecular weight excluding hydrogens is 378 g/mol. The lowest BCUT2D eigenvalue weighted by atomic mass is 9.93. The predicted molar refractivity (Wildman–Crippen MR) is 94.2 cm³/mol. The Kier molecular flexibility index (Phi) is 6.12. The molecule has 2 saturated heterocycles. The summed E-state index contributed by atoms with van der Waals surface area (Å²) in [6.45, 7) is 1.42. The van der Waals surface area contributed by atoms with Crippen LogP contribution >= 0.6 is 0 Å². The van der Waals surface area contributed by atoms with Gasteiger partial charge < -0.3 is 10.0 Å². The van der Waals surface area contributed by atoms with E-state index in [0.717, 1.165) is 29.3 Å². The predicted octanol–water partition coefficient (Wildman–Crippen LogP) is 1.60. The van der Waals surface area contributed by atoms with Gasteiger partial charge in [-0.25, -0.2) is 17.2 Å². The average molecular weight is 402 g/mol. The Labute approximate surface area is 157 Å². The third kappa shape index (κ3) is 4.30. The van der Waals surface area contributed by atoms with E-state index >= 15 is 0 Å². The highest BCUT2D eigenvalue weighted by atomic mass is 32.2. The quantitative estimate of drug-likeness (QED) is 0.830. The number of benzene rings is 1. The van der Waals surface area contributed by atoms with E-state index in [0.29, 0.717) is 32.0 Å². The van der Waals surface area contributed by atoms with Crippen LogP contribution in [0.5, 0.6) is 0 Å². The van der Waals surface area contributed by atoms with E-state index in [-0.39, 0.29) is 37.4 Å². The molecule has 1 amide bonds. The van der Waals surface area contributed by atoms with Gasteiger partial charge in [0.2, 0.25) is 15.9 Å². The SMILES string of the molecule is O=C(C1CCN(S(=O)(=O)c2cc(F)ccc2F)CC1)N1CCCC(CO)C1. The summed E-state index contributed by atoms with van der Waals surface area (Å²) in [5.41, 5.74) is 0. The molecule has 0 saturated carbocycles. The third-order valence-electron chi connectivity index (χ3n) is 5.40. The number of piperidine rings is 2. The third-order valence-corrected chi connectivity index (χ3v) is 7.32. The van der Waals surface area contributed by atoms with Crippen LogP contribution in [-0.4, -0.2) is 61.4 Å². The number of aliphatic hydroxyl groups excluding tert-OH is 1. The second-order valence-electron chi connectivity index (χ2n) is 7.23. The lowest BCUT2D eigenvalue weighted by molar-refractivity contribution is -0.138. The summed E-state index contributed by atoms with van der Waals surface area (Å²) in [6.07, 6.45) is 2.43. The summed E-state index contributed by atoms with van der Waals surface area (Å²) in [5, 5.41) is 9.31. The van der Waals surface area contributed by atoms with E-state index in [9.17, 15) is 27.1 Å². The zero-order valence-corrected chi connectivity index (χ0v) is 15.8. The summed E-state index contributed by atoms with van der Waals surface area (Å²) in [7, 11) is -4.14. The Hall–Kier alpha value is -1.58. The van der Waals surface area contributed by atoms with Crippen molar-refractivity contribution in [2.24, 2.45) is 11.8 Å². The maximum absolute atomic E-state index is 13.9. The Morgan fingerprint density at radius 1 is 1.15 bits per heavy atom. The number of hydrogen-bond acceptors (Lipinski definition) is 4. The van der Waals surface area contributed by atoms with Gasteiger partial charge in [-0.15, -0.1) is 0 Å². The minimum absolute atomic E-state index is 0.0119. The van der Waals surface area contributed by atoms with Gasteiger partial charge in [-0.05, 0) is 49.8 Å². The monoisotopic (exact) mass is 402 g/mol. The zero-order chi connectivity index (χ0) is 19.6. The molecular formula is C18H24F2N2O4S. The molecule has 150 valence electrons. The van der Waals surface area contributed by atoms with Crippen LogP contribution in [0.3, 0.4) is 0 Å². The van der Waals surface area contributed by atoms with E-state index < -0.39 is 26.6 Å². The molecule has 9 heteroatoms. The molecule has 2 heterocycles. The molecule has 0 spiro atoms. The van der Waals surface area contributed by atoms with Crippen molar-refractivity contribution in [3.63, 3.8) is 0 Å². The lowest BCUT2D eigenvalue weighted by Crippen LogP contribution is -2.47. The number of halogens is 2. The van der Waals surface area contributed by atoms with Crippen molar-refractivity contribution >= 4 is 15.9 Å². The molecule has 0 aromatic heterocycles. The van der Waals surface area contributed by atoms with Crippen LogP contribution in [0.1, 0.15) is 25.7 Å². The molecule has 1 atom stereocenters. The Balaban J connectivity index is 1.64. The molecule has 0 bridgehead atoms.